The minimum atomic E-state index is -0.560. The van der Waals surface area contributed by atoms with Crippen molar-refractivity contribution in [2.45, 2.75) is 13.8 Å². The van der Waals surface area contributed by atoms with Crippen LogP contribution in [0.15, 0.2) is 23.2 Å². The van der Waals surface area contributed by atoms with Gasteiger partial charge >= 0.3 is 5.97 Å². The van der Waals surface area contributed by atoms with E-state index in [1.165, 1.54) is 22.7 Å². The number of rotatable bonds is 5. The van der Waals surface area contributed by atoms with Crippen LogP contribution in [0.1, 0.15) is 12.5 Å². The van der Waals surface area contributed by atoms with Crippen LogP contribution in [-0.4, -0.2) is 41.6 Å². The summed E-state index contributed by atoms with van der Waals surface area (Å²) < 4.78 is 4.83. The fourth-order valence-electron chi connectivity index (χ4n) is 2.08. The van der Waals surface area contributed by atoms with Gasteiger partial charge in [-0.15, -0.1) is 0 Å². The van der Waals surface area contributed by atoms with E-state index >= 15 is 0 Å². The lowest BCUT2D eigenvalue weighted by atomic mass is 10.2. The highest BCUT2D eigenvalue weighted by atomic mass is 35.5. The molecule has 25 heavy (non-hydrogen) atoms. The summed E-state index contributed by atoms with van der Waals surface area (Å²) in [5.74, 6) is -1.14. The Morgan fingerprint density at radius 1 is 1.40 bits per heavy atom. The van der Waals surface area contributed by atoms with Gasteiger partial charge in [0.1, 0.15) is 6.54 Å². The van der Waals surface area contributed by atoms with E-state index in [4.69, 9.17) is 27.9 Å². The van der Waals surface area contributed by atoms with E-state index in [-0.39, 0.29) is 24.8 Å². The number of hydrogen-bond acceptors (Lipinski definition) is 5. The number of aryl methyl sites for hydroxylation is 1. The molecule has 1 aliphatic heterocycles. The fourth-order valence-corrected chi connectivity index (χ4v) is 3.47. The zero-order valence-corrected chi connectivity index (χ0v) is 15.9. The number of carbonyl (C=O) groups is 3. The molecule has 0 aromatic heterocycles. The largest absolute Gasteiger partial charge is 0.463 e. The van der Waals surface area contributed by atoms with Crippen LogP contribution >= 0.6 is 35.0 Å². The Bertz CT molecular complexity index is 752. The smallest absolute Gasteiger partial charge is 0.333 e. The molecule has 0 unspecified atom stereocenters. The maximum Gasteiger partial charge on any atom is 0.333 e. The highest BCUT2D eigenvalue weighted by Crippen LogP contribution is 2.33. The Balaban J connectivity index is 2.12. The van der Waals surface area contributed by atoms with Gasteiger partial charge in [-0.05, 0) is 25.5 Å². The molecule has 9 heteroatoms. The van der Waals surface area contributed by atoms with E-state index in [9.17, 15) is 14.4 Å². The predicted molar refractivity (Wildman–Crippen MR) is 98.7 cm³/mol. The molecule has 1 saturated heterocycles. The van der Waals surface area contributed by atoms with Crippen molar-refractivity contribution in [2.75, 3.05) is 24.2 Å². The van der Waals surface area contributed by atoms with Gasteiger partial charge in [0.25, 0.3) is 0 Å². The van der Waals surface area contributed by atoms with Crippen LogP contribution in [-0.2, 0) is 19.1 Å². The second-order valence-corrected chi connectivity index (χ2v) is 6.89. The Morgan fingerprint density at radius 3 is 2.80 bits per heavy atom. The summed E-state index contributed by atoms with van der Waals surface area (Å²) in [6, 6.07) is 3.36. The van der Waals surface area contributed by atoms with Gasteiger partial charge in [0.15, 0.2) is 0 Å². The maximum absolute atomic E-state index is 12.3. The summed E-state index contributed by atoms with van der Waals surface area (Å²) in [5, 5.41) is 3.63. The van der Waals surface area contributed by atoms with Crippen LogP contribution in [0.3, 0.4) is 0 Å². The molecule has 0 bridgehead atoms. The first kappa shape index (κ1) is 19.6. The number of amides is 2. The van der Waals surface area contributed by atoms with Crippen LogP contribution in [0.25, 0.3) is 0 Å². The number of ether oxygens (including phenoxy) is 1. The van der Waals surface area contributed by atoms with Crippen molar-refractivity contribution in [2.24, 2.45) is 0 Å². The van der Waals surface area contributed by atoms with Gasteiger partial charge in [-0.2, -0.15) is 0 Å². The number of esters is 1. The number of nitrogens with zero attached hydrogens (tertiary/aromatic N) is 1. The van der Waals surface area contributed by atoms with Crippen molar-refractivity contribution in [3.8, 4) is 0 Å². The topological polar surface area (TPSA) is 75.7 Å². The SMILES string of the molecule is CCOC(=O)C=C1SCC(=O)N1CC(=O)Nc1c(Cl)ccc(C)c1Cl. The first-order valence-electron chi connectivity index (χ1n) is 7.39. The van der Waals surface area contributed by atoms with E-state index in [1.54, 1.807) is 26.0 Å². The van der Waals surface area contributed by atoms with Gasteiger partial charge in [0.2, 0.25) is 11.8 Å². The van der Waals surface area contributed by atoms with Gasteiger partial charge in [0.05, 0.1) is 39.2 Å². The van der Waals surface area contributed by atoms with E-state index in [1.807, 2.05) is 0 Å². The van der Waals surface area contributed by atoms with Gasteiger partial charge in [-0.1, -0.05) is 41.0 Å². The molecule has 6 nitrogen and oxygen atoms in total. The van der Waals surface area contributed by atoms with Gasteiger partial charge in [0, 0.05) is 0 Å². The molecule has 0 spiro atoms. The molecular weight excluding hydrogens is 387 g/mol. The summed E-state index contributed by atoms with van der Waals surface area (Å²) in [5.41, 5.74) is 1.06. The molecular formula is C16H16Cl2N2O4S. The number of thioether (sulfide) groups is 1. The minimum Gasteiger partial charge on any atom is -0.463 e. The first-order chi connectivity index (χ1) is 11.8. The van der Waals surface area contributed by atoms with E-state index in [2.05, 4.69) is 5.32 Å². The summed E-state index contributed by atoms with van der Waals surface area (Å²) >= 11 is 13.4. The second-order valence-electron chi connectivity index (χ2n) is 5.10. The standard InChI is InChI=1S/C16H16Cl2N2O4S/c1-3-24-14(23)6-13-20(12(22)8-25-13)7-11(21)19-16-10(17)5-4-9(2)15(16)18/h4-6H,3,7-8H2,1-2H3,(H,19,21). The Morgan fingerprint density at radius 2 is 2.12 bits per heavy atom. The van der Waals surface area contributed by atoms with Gasteiger partial charge in [-0.25, -0.2) is 4.79 Å². The molecule has 1 aromatic rings. The lowest BCUT2D eigenvalue weighted by Crippen LogP contribution is -2.34. The van der Waals surface area contributed by atoms with Gasteiger partial charge < -0.3 is 10.1 Å². The monoisotopic (exact) mass is 402 g/mol. The van der Waals surface area contributed by atoms with Crippen LogP contribution in [0.5, 0.6) is 0 Å². The summed E-state index contributed by atoms with van der Waals surface area (Å²) in [7, 11) is 0. The second kappa shape index (κ2) is 8.60. The molecule has 134 valence electrons. The molecule has 1 heterocycles. The van der Waals surface area contributed by atoms with Gasteiger partial charge in [-0.3, -0.25) is 14.5 Å². The Hall–Kier alpha value is -1.70. The zero-order chi connectivity index (χ0) is 18.6. The quantitative estimate of drug-likeness (QED) is 0.604. The van der Waals surface area contributed by atoms with Crippen LogP contribution < -0.4 is 5.32 Å². The summed E-state index contributed by atoms with van der Waals surface area (Å²) in [6.45, 7) is 3.45. The highest BCUT2D eigenvalue weighted by molar-refractivity contribution is 8.04. The lowest BCUT2D eigenvalue weighted by Gasteiger charge is -2.17. The van der Waals surface area contributed by atoms with Crippen molar-refractivity contribution in [3.05, 3.63) is 38.8 Å². The van der Waals surface area contributed by atoms with Crippen LogP contribution in [0, 0.1) is 6.92 Å². The third-order valence-electron chi connectivity index (χ3n) is 3.29. The lowest BCUT2D eigenvalue weighted by molar-refractivity contribution is -0.137. The van der Waals surface area contributed by atoms with Crippen molar-refractivity contribution < 1.29 is 19.1 Å². The summed E-state index contributed by atoms with van der Waals surface area (Å²) in [6.07, 6.45) is 1.21. The van der Waals surface area contributed by atoms with E-state index in [0.717, 1.165) is 5.56 Å². The molecule has 0 saturated carbocycles. The van der Waals surface area contributed by atoms with Crippen molar-refractivity contribution in [3.63, 3.8) is 0 Å². The van der Waals surface area contributed by atoms with Crippen LogP contribution in [0.4, 0.5) is 5.69 Å². The van der Waals surface area contributed by atoms with E-state index in [0.29, 0.717) is 20.8 Å². The number of hydrogen-bond donors (Lipinski definition) is 1. The van der Waals surface area contributed by atoms with Crippen LogP contribution in [0.2, 0.25) is 10.0 Å². The molecule has 1 N–H and O–H groups in total. The van der Waals surface area contributed by atoms with E-state index < -0.39 is 11.9 Å². The third kappa shape index (κ3) is 4.90. The maximum atomic E-state index is 12.3. The highest BCUT2D eigenvalue weighted by Gasteiger charge is 2.29. The average molecular weight is 403 g/mol. The number of halogens is 2. The molecule has 2 rings (SSSR count). The molecule has 1 aromatic carbocycles. The molecule has 2 amide bonds. The molecule has 1 fully saturated rings. The van der Waals surface area contributed by atoms with Crippen molar-refractivity contribution in [1.29, 1.82) is 0 Å². The van der Waals surface area contributed by atoms with Crippen molar-refractivity contribution in [1.82, 2.24) is 4.90 Å². The van der Waals surface area contributed by atoms with Crippen molar-refractivity contribution >= 4 is 58.4 Å². The average Bonchev–Trinajstić information content (AvgIpc) is 2.88. The zero-order valence-electron chi connectivity index (χ0n) is 13.6. The minimum absolute atomic E-state index is 0.157. The molecule has 1 aliphatic rings. The number of benzene rings is 1. The summed E-state index contributed by atoms with van der Waals surface area (Å²) in [4.78, 5) is 37.1. The molecule has 0 aliphatic carbocycles. The fraction of sp³-hybridized carbons (Fsp3) is 0.312. The number of carbonyl (C=O) groups excluding carboxylic acids is 3. The normalized spacial score (nSPS) is 15.6. The Kier molecular flexibility index (Phi) is 6.75. The molecule has 0 radical (unpaired) electrons. The third-order valence-corrected chi connectivity index (χ3v) is 5.12. The number of nitrogens with one attached hydrogen (secondary N) is 1. The number of anilines is 1. The Labute approximate surface area is 159 Å². The first-order valence-corrected chi connectivity index (χ1v) is 9.13. The molecule has 0 atom stereocenters. The predicted octanol–water partition coefficient (Wildman–Crippen LogP) is 3.22.